The number of ether oxygens (including phenoxy) is 1. The normalized spacial score (nSPS) is 23.4. The van der Waals surface area contributed by atoms with Crippen molar-refractivity contribution in [1.82, 2.24) is 4.98 Å². The number of rotatable bonds is 6. The third-order valence-electron chi connectivity index (χ3n) is 8.39. The van der Waals surface area contributed by atoms with Crippen LogP contribution in [-0.4, -0.2) is 35.2 Å². The standard InChI is InChI=1S/C31H24N2O5S/c34-25(26-9-4-12-39-26)16-38-31(37)22-15-24(32-23-8-2-1-7-21(22)23)17-5-3-6-20(14-17)33-29(35)27-18-10-11-19(13-18)28(27)30(33)36/h1-9,12,14-15,18-19,27-28H,10-11,13,16H2/t18-,19-,27-,28-/m0/s1. The lowest BCUT2D eigenvalue weighted by Gasteiger charge is -2.19. The number of pyridine rings is 1. The van der Waals surface area contributed by atoms with Crippen LogP contribution in [0.1, 0.15) is 39.3 Å². The van der Waals surface area contributed by atoms with Crippen molar-refractivity contribution < 1.29 is 23.9 Å². The number of anilines is 1. The fourth-order valence-corrected chi connectivity index (χ4v) is 7.33. The van der Waals surface area contributed by atoms with E-state index in [0.29, 0.717) is 50.1 Å². The highest BCUT2D eigenvalue weighted by molar-refractivity contribution is 7.12. The summed E-state index contributed by atoms with van der Waals surface area (Å²) in [4.78, 5) is 58.9. The Morgan fingerprint density at radius 3 is 2.44 bits per heavy atom. The lowest BCUT2D eigenvalue weighted by atomic mass is 9.81. The minimum absolute atomic E-state index is 0.0968. The molecule has 8 heteroatoms. The first kappa shape index (κ1) is 23.9. The molecule has 2 aliphatic carbocycles. The summed E-state index contributed by atoms with van der Waals surface area (Å²) in [6.45, 7) is -0.357. The van der Waals surface area contributed by atoms with Crippen LogP contribution in [0.2, 0.25) is 0 Å². The van der Waals surface area contributed by atoms with Gasteiger partial charge in [0.1, 0.15) is 0 Å². The Labute approximate surface area is 228 Å². The van der Waals surface area contributed by atoms with Gasteiger partial charge in [-0.3, -0.25) is 19.3 Å². The van der Waals surface area contributed by atoms with E-state index in [9.17, 15) is 19.2 Å². The molecule has 0 radical (unpaired) electrons. The molecule has 0 N–H and O–H groups in total. The maximum absolute atomic E-state index is 13.4. The van der Waals surface area contributed by atoms with Crippen molar-refractivity contribution >= 4 is 51.5 Å². The van der Waals surface area contributed by atoms with Crippen LogP contribution in [0.15, 0.2) is 72.1 Å². The topological polar surface area (TPSA) is 93.6 Å². The van der Waals surface area contributed by atoms with Gasteiger partial charge in [-0.05, 0) is 66.8 Å². The molecule has 1 aliphatic heterocycles. The number of esters is 1. The molecular weight excluding hydrogens is 512 g/mol. The zero-order chi connectivity index (χ0) is 26.7. The number of carbonyl (C=O) groups is 4. The molecule has 3 heterocycles. The number of fused-ring (bicyclic) bond motifs is 6. The van der Waals surface area contributed by atoms with Crippen molar-refractivity contribution in [2.24, 2.45) is 23.7 Å². The first-order chi connectivity index (χ1) is 19.0. The van der Waals surface area contributed by atoms with E-state index in [1.807, 2.05) is 18.2 Å². The molecule has 7 rings (SSSR count). The molecule has 4 atom stereocenters. The molecule has 3 aliphatic rings. The van der Waals surface area contributed by atoms with Gasteiger partial charge in [0.2, 0.25) is 17.6 Å². The first-order valence-electron chi connectivity index (χ1n) is 13.1. The molecule has 2 bridgehead atoms. The summed E-state index contributed by atoms with van der Waals surface area (Å²) in [7, 11) is 0. The summed E-state index contributed by atoms with van der Waals surface area (Å²) in [5.74, 6) is -0.846. The summed E-state index contributed by atoms with van der Waals surface area (Å²) >= 11 is 1.30. The van der Waals surface area contributed by atoms with E-state index in [2.05, 4.69) is 0 Å². The molecule has 4 aromatic rings. The van der Waals surface area contributed by atoms with Gasteiger partial charge < -0.3 is 4.74 Å². The number of hydrogen-bond acceptors (Lipinski definition) is 7. The highest BCUT2D eigenvalue weighted by Crippen LogP contribution is 2.56. The Morgan fingerprint density at radius 2 is 1.69 bits per heavy atom. The monoisotopic (exact) mass is 536 g/mol. The van der Waals surface area contributed by atoms with Gasteiger partial charge in [0.15, 0.2) is 6.61 Å². The average molecular weight is 537 g/mol. The van der Waals surface area contributed by atoms with Crippen molar-refractivity contribution in [3.8, 4) is 11.3 Å². The Balaban J connectivity index is 1.21. The highest BCUT2D eigenvalue weighted by Gasteiger charge is 2.61. The van der Waals surface area contributed by atoms with Gasteiger partial charge >= 0.3 is 5.97 Å². The summed E-state index contributed by atoms with van der Waals surface area (Å²) in [6, 6.07) is 19.5. The molecule has 39 heavy (non-hydrogen) atoms. The second-order valence-electron chi connectivity index (χ2n) is 10.5. The Hall–Kier alpha value is -4.17. The average Bonchev–Trinajstić information content (AvgIpc) is 3.76. The molecule has 2 saturated carbocycles. The number of nitrogens with zero attached hydrogens (tertiary/aromatic N) is 2. The van der Waals surface area contributed by atoms with Crippen LogP contribution < -0.4 is 4.90 Å². The fourth-order valence-electron chi connectivity index (χ4n) is 6.68. The van der Waals surface area contributed by atoms with Crippen LogP contribution >= 0.6 is 11.3 Å². The molecule has 0 spiro atoms. The number of para-hydroxylation sites is 1. The van der Waals surface area contributed by atoms with E-state index in [1.54, 1.807) is 53.9 Å². The second kappa shape index (κ2) is 9.24. The molecule has 0 unspecified atom stereocenters. The van der Waals surface area contributed by atoms with Gasteiger partial charge in [-0.25, -0.2) is 9.78 Å². The Morgan fingerprint density at radius 1 is 0.923 bits per heavy atom. The number of aromatic nitrogens is 1. The van der Waals surface area contributed by atoms with E-state index < -0.39 is 5.97 Å². The molecule has 1 saturated heterocycles. The quantitative estimate of drug-likeness (QED) is 0.183. The third kappa shape index (κ3) is 3.89. The predicted octanol–water partition coefficient (Wildman–Crippen LogP) is 5.54. The summed E-state index contributed by atoms with van der Waals surface area (Å²) in [5.41, 5.74) is 2.58. The van der Waals surface area contributed by atoms with Gasteiger partial charge in [0, 0.05) is 10.9 Å². The number of hydrogen-bond donors (Lipinski definition) is 0. The Bertz CT molecular complexity index is 1630. The molecule has 7 nitrogen and oxygen atoms in total. The SMILES string of the molecule is O=C(COC(=O)c1cc(-c2cccc(N3C(=O)[C@H]4[C@H]5CC[C@@H](C5)[C@@H]4C3=O)c2)nc2ccccc12)c1cccs1. The van der Waals surface area contributed by atoms with Crippen LogP contribution in [0.5, 0.6) is 0 Å². The minimum atomic E-state index is -0.621. The second-order valence-corrected chi connectivity index (χ2v) is 11.4. The van der Waals surface area contributed by atoms with Crippen molar-refractivity contribution in [2.45, 2.75) is 19.3 Å². The maximum atomic E-state index is 13.4. The first-order valence-corrected chi connectivity index (χ1v) is 14.0. The van der Waals surface area contributed by atoms with E-state index >= 15 is 0 Å². The van der Waals surface area contributed by atoms with Crippen LogP contribution in [0, 0.1) is 23.7 Å². The zero-order valence-electron chi connectivity index (χ0n) is 20.9. The molecule has 2 amide bonds. The lowest BCUT2D eigenvalue weighted by molar-refractivity contribution is -0.123. The van der Waals surface area contributed by atoms with Crippen molar-refractivity contribution in [3.63, 3.8) is 0 Å². The van der Waals surface area contributed by atoms with Gasteiger partial charge in [-0.15, -0.1) is 11.3 Å². The lowest BCUT2D eigenvalue weighted by Crippen LogP contribution is -2.32. The summed E-state index contributed by atoms with van der Waals surface area (Å²) in [5, 5.41) is 2.41. The van der Waals surface area contributed by atoms with E-state index in [-0.39, 0.29) is 36.0 Å². The Kier molecular flexibility index (Phi) is 5.66. The molecule has 3 fully saturated rings. The van der Waals surface area contributed by atoms with Crippen molar-refractivity contribution in [2.75, 3.05) is 11.5 Å². The number of Topliss-reactive ketones (excluding diaryl/α,β-unsaturated/α-hetero) is 1. The molecule has 194 valence electrons. The number of carbonyl (C=O) groups excluding carboxylic acids is 4. The van der Waals surface area contributed by atoms with Crippen molar-refractivity contribution in [3.05, 3.63) is 82.6 Å². The maximum Gasteiger partial charge on any atom is 0.339 e. The van der Waals surface area contributed by atoms with E-state index in [0.717, 1.165) is 19.3 Å². The van der Waals surface area contributed by atoms with Gasteiger partial charge in [-0.2, -0.15) is 0 Å². The third-order valence-corrected chi connectivity index (χ3v) is 9.30. The minimum Gasteiger partial charge on any atom is -0.454 e. The van der Waals surface area contributed by atoms with Gasteiger partial charge in [0.05, 0.1) is 39.2 Å². The number of amides is 2. The molecule has 2 aromatic carbocycles. The van der Waals surface area contributed by atoms with Gasteiger partial charge in [-0.1, -0.05) is 36.4 Å². The largest absolute Gasteiger partial charge is 0.454 e. The van der Waals surface area contributed by atoms with Crippen LogP contribution in [-0.2, 0) is 14.3 Å². The molecular formula is C31H24N2O5S. The van der Waals surface area contributed by atoms with Crippen LogP contribution in [0.3, 0.4) is 0 Å². The van der Waals surface area contributed by atoms with E-state index in [4.69, 9.17) is 9.72 Å². The van der Waals surface area contributed by atoms with Crippen LogP contribution in [0.25, 0.3) is 22.2 Å². The number of benzene rings is 2. The number of ketones is 1. The zero-order valence-corrected chi connectivity index (χ0v) is 21.7. The fraction of sp³-hybridized carbons (Fsp3) is 0.258. The highest BCUT2D eigenvalue weighted by atomic mass is 32.1. The van der Waals surface area contributed by atoms with E-state index in [1.165, 1.54) is 16.2 Å². The predicted molar refractivity (Wildman–Crippen MR) is 146 cm³/mol. The van der Waals surface area contributed by atoms with Crippen LogP contribution in [0.4, 0.5) is 5.69 Å². The smallest absolute Gasteiger partial charge is 0.339 e. The van der Waals surface area contributed by atoms with Gasteiger partial charge in [0.25, 0.3) is 0 Å². The van der Waals surface area contributed by atoms with Crippen molar-refractivity contribution in [1.29, 1.82) is 0 Å². The number of thiophene rings is 1. The number of imide groups is 1. The summed E-state index contributed by atoms with van der Waals surface area (Å²) < 4.78 is 5.41. The molecule has 2 aromatic heterocycles. The summed E-state index contributed by atoms with van der Waals surface area (Å²) in [6.07, 6.45) is 3.04.